The van der Waals surface area contributed by atoms with E-state index in [4.69, 9.17) is 0 Å². The van der Waals surface area contributed by atoms with Crippen molar-refractivity contribution < 1.29 is 9.59 Å². The molecule has 6 nitrogen and oxygen atoms in total. The predicted octanol–water partition coefficient (Wildman–Crippen LogP) is 4.65. The molecular weight excluding hydrogens is 352 g/mol. The fourth-order valence-electron chi connectivity index (χ4n) is 2.85. The Hall–Kier alpha value is -3.67. The minimum absolute atomic E-state index is 0.143. The van der Waals surface area contributed by atoms with E-state index < -0.39 is 0 Å². The van der Waals surface area contributed by atoms with Crippen molar-refractivity contribution in [3.63, 3.8) is 0 Å². The molecule has 0 atom stereocenters. The Bertz CT molecular complexity index is 976. The average molecular weight is 374 g/mol. The number of hydrogen-bond acceptors (Lipinski definition) is 4. The quantitative estimate of drug-likeness (QED) is 0.607. The first-order valence-corrected chi connectivity index (χ1v) is 8.89. The summed E-state index contributed by atoms with van der Waals surface area (Å²) < 4.78 is 0. The molecule has 0 bridgehead atoms. The summed E-state index contributed by atoms with van der Waals surface area (Å²) in [7, 11) is 0. The largest absolute Gasteiger partial charge is 0.354 e. The lowest BCUT2D eigenvalue weighted by Gasteiger charge is -2.10. The van der Waals surface area contributed by atoms with E-state index in [1.165, 1.54) is 18.1 Å². The Morgan fingerprint density at radius 2 is 1.32 bits per heavy atom. The lowest BCUT2D eigenvalue weighted by molar-refractivity contribution is -0.114. The molecule has 1 heterocycles. The standard InChI is InChI=1S/C22H22N4O2/c1-14-10-15(2)12-20(11-14)25-19-8-9-21(23-13-19)22(28)26-18-6-4-17(5-7-18)24-16(3)27/h4-13,25H,1-3H3,(H,24,27)(H,26,28). The van der Waals surface area contributed by atoms with Gasteiger partial charge in [0.1, 0.15) is 5.69 Å². The first-order chi connectivity index (χ1) is 13.4. The molecule has 0 saturated carbocycles. The zero-order chi connectivity index (χ0) is 20.1. The molecule has 0 spiro atoms. The van der Waals surface area contributed by atoms with Gasteiger partial charge in [-0.1, -0.05) is 6.07 Å². The van der Waals surface area contributed by atoms with Gasteiger partial charge < -0.3 is 16.0 Å². The minimum atomic E-state index is -0.301. The van der Waals surface area contributed by atoms with Crippen LogP contribution in [0, 0.1) is 13.8 Å². The van der Waals surface area contributed by atoms with Gasteiger partial charge in [0, 0.05) is 24.0 Å². The van der Waals surface area contributed by atoms with E-state index in [1.807, 2.05) is 19.9 Å². The number of anilines is 4. The molecule has 1 aromatic heterocycles. The average Bonchev–Trinajstić information content (AvgIpc) is 2.62. The number of nitrogens with zero attached hydrogens (tertiary/aromatic N) is 1. The summed E-state index contributed by atoms with van der Waals surface area (Å²) in [6.07, 6.45) is 1.63. The summed E-state index contributed by atoms with van der Waals surface area (Å²) in [5.74, 6) is -0.444. The van der Waals surface area contributed by atoms with Crippen molar-refractivity contribution >= 4 is 34.6 Å². The summed E-state index contributed by atoms with van der Waals surface area (Å²) in [5, 5.41) is 8.76. The monoisotopic (exact) mass is 374 g/mol. The van der Waals surface area contributed by atoms with Crippen LogP contribution in [-0.4, -0.2) is 16.8 Å². The maximum Gasteiger partial charge on any atom is 0.274 e. The van der Waals surface area contributed by atoms with Crippen molar-refractivity contribution in [1.29, 1.82) is 0 Å². The normalized spacial score (nSPS) is 10.2. The Morgan fingerprint density at radius 1 is 0.750 bits per heavy atom. The number of nitrogens with one attached hydrogen (secondary N) is 3. The number of pyridine rings is 1. The van der Waals surface area contributed by atoms with Crippen LogP contribution in [0.25, 0.3) is 0 Å². The van der Waals surface area contributed by atoms with Crippen molar-refractivity contribution in [3.8, 4) is 0 Å². The molecule has 3 rings (SSSR count). The van der Waals surface area contributed by atoms with E-state index in [2.05, 4.69) is 39.1 Å². The first-order valence-electron chi connectivity index (χ1n) is 8.89. The van der Waals surface area contributed by atoms with E-state index in [0.717, 1.165) is 11.4 Å². The van der Waals surface area contributed by atoms with E-state index in [0.29, 0.717) is 17.1 Å². The topological polar surface area (TPSA) is 83.1 Å². The molecule has 0 fully saturated rings. The summed E-state index contributed by atoms with van der Waals surface area (Å²) in [6.45, 7) is 5.54. The van der Waals surface area contributed by atoms with Crippen LogP contribution in [0.5, 0.6) is 0 Å². The van der Waals surface area contributed by atoms with Crippen LogP contribution >= 0.6 is 0 Å². The van der Waals surface area contributed by atoms with Gasteiger partial charge in [-0.3, -0.25) is 9.59 Å². The Balaban J connectivity index is 1.64. The molecule has 0 unspecified atom stereocenters. The fourth-order valence-corrected chi connectivity index (χ4v) is 2.85. The van der Waals surface area contributed by atoms with Crippen molar-refractivity contribution in [1.82, 2.24) is 4.98 Å². The van der Waals surface area contributed by atoms with E-state index in [9.17, 15) is 9.59 Å². The zero-order valence-electron chi connectivity index (χ0n) is 16.0. The first kappa shape index (κ1) is 19.1. The van der Waals surface area contributed by atoms with E-state index >= 15 is 0 Å². The Labute approximate surface area is 164 Å². The molecule has 3 N–H and O–H groups in total. The van der Waals surface area contributed by atoms with Crippen molar-refractivity contribution in [3.05, 3.63) is 77.6 Å². The van der Waals surface area contributed by atoms with Gasteiger partial charge in [0.05, 0.1) is 11.9 Å². The fraction of sp³-hybridized carbons (Fsp3) is 0.136. The van der Waals surface area contributed by atoms with Crippen LogP contribution in [-0.2, 0) is 4.79 Å². The third-order valence-corrected chi connectivity index (χ3v) is 3.97. The van der Waals surface area contributed by atoms with Gasteiger partial charge >= 0.3 is 0 Å². The molecule has 3 aromatic rings. The molecule has 2 amide bonds. The maximum absolute atomic E-state index is 12.4. The highest BCUT2D eigenvalue weighted by Crippen LogP contribution is 2.20. The number of carbonyl (C=O) groups is 2. The summed E-state index contributed by atoms with van der Waals surface area (Å²) in [4.78, 5) is 27.7. The smallest absolute Gasteiger partial charge is 0.274 e. The molecule has 28 heavy (non-hydrogen) atoms. The molecule has 142 valence electrons. The van der Waals surface area contributed by atoms with Crippen molar-refractivity contribution in [2.24, 2.45) is 0 Å². The van der Waals surface area contributed by atoms with Gasteiger partial charge in [0.25, 0.3) is 5.91 Å². The van der Waals surface area contributed by atoms with E-state index in [1.54, 1.807) is 36.5 Å². The van der Waals surface area contributed by atoms with Gasteiger partial charge in [-0.25, -0.2) is 4.98 Å². The van der Waals surface area contributed by atoms with Crippen LogP contribution in [0.1, 0.15) is 28.5 Å². The second-order valence-electron chi connectivity index (χ2n) is 6.65. The number of aromatic nitrogens is 1. The second kappa shape index (κ2) is 8.35. The molecule has 0 saturated heterocycles. The Kier molecular flexibility index (Phi) is 5.69. The van der Waals surface area contributed by atoms with Crippen LogP contribution in [0.15, 0.2) is 60.8 Å². The third kappa shape index (κ3) is 5.17. The lowest BCUT2D eigenvalue weighted by atomic mass is 10.1. The van der Waals surface area contributed by atoms with Crippen LogP contribution in [0.2, 0.25) is 0 Å². The summed E-state index contributed by atoms with van der Waals surface area (Å²) in [5.41, 5.74) is 5.75. The maximum atomic E-state index is 12.4. The van der Waals surface area contributed by atoms with Crippen molar-refractivity contribution in [2.75, 3.05) is 16.0 Å². The second-order valence-corrected chi connectivity index (χ2v) is 6.65. The number of benzene rings is 2. The highest BCUT2D eigenvalue weighted by Gasteiger charge is 2.08. The molecule has 0 aliphatic rings. The van der Waals surface area contributed by atoms with Gasteiger partial charge in [0.2, 0.25) is 5.91 Å². The number of carbonyl (C=O) groups excluding carboxylic acids is 2. The zero-order valence-corrected chi connectivity index (χ0v) is 16.0. The number of hydrogen-bond donors (Lipinski definition) is 3. The Morgan fingerprint density at radius 3 is 1.86 bits per heavy atom. The van der Waals surface area contributed by atoms with Crippen LogP contribution < -0.4 is 16.0 Å². The lowest BCUT2D eigenvalue weighted by Crippen LogP contribution is -2.13. The SMILES string of the molecule is CC(=O)Nc1ccc(NC(=O)c2ccc(Nc3cc(C)cc(C)c3)cn2)cc1. The number of rotatable bonds is 5. The van der Waals surface area contributed by atoms with Gasteiger partial charge in [-0.15, -0.1) is 0 Å². The number of aryl methyl sites for hydroxylation is 2. The van der Waals surface area contributed by atoms with E-state index in [-0.39, 0.29) is 11.8 Å². The third-order valence-electron chi connectivity index (χ3n) is 3.97. The van der Waals surface area contributed by atoms with Gasteiger partial charge in [-0.2, -0.15) is 0 Å². The van der Waals surface area contributed by atoms with Crippen LogP contribution in [0.3, 0.4) is 0 Å². The summed E-state index contributed by atoms with van der Waals surface area (Å²) in [6, 6.07) is 16.6. The van der Waals surface area contributed by atoms with Crippen molar-refractivity contribution in [2.45, 2.75) is 20.8 Å². The molecule has 0 aliphatic heterocycles. The molecule has 0 radical (unpaired) electrons. The molecule has 2 aromatic carbocycles. The predicted molar refractivity (Wildman–Crippen MR) is 112 cm³/mol. The summed E-state index contributed by atoms with van der Waals surface area (Å²) >= 11 is 0. The number of amides is 2. The highest BCUT2D eigenvalue weighted by atomic mass is 16.2. The minimum Gasteiger partial charge on any atom is -0.354 e. The highest BCUT2D eigenvalue weighted by molar-refractivity contribution is 6.03. The molecular formula is C22H22N4O2. The molecule has 0 aliphatic carbocycles. The van der Waals surface area contributed by atoms with Gasteiger partial charge in [-0.05, 0) is 73.5 Å². The van der Waals surface area contributed by atoms with Crippen LogP contribution in [0.4, 0.5) is 22.7 Å². The van der Waals surface area contributed by atoms with Gasteiger partial charge in [0.15, 0.2) is 0 Å². The molecule has 6 heteroatoms.